The highest BCUT2D eigenvalue weighted by atomic mass is 16.5. The molecule has 0 spiro atoms. The van der Waals surface area contributed by atoms with Crippen molar-refractivity contribution < 1.29 is 4.74 Å². The number of hydrogen-bond donors (Lipinski definition) is 0. The van der Waals surface area contributed by atoms with Gasteiger partial charge >= 0.3 is 5.69 Å². The largest absolute Gasteiger partial charge is 0.479 e. The first-order chi connectivity index (χ1) is 16.1. The summed E-state index contributed by atoms with van der Waals surface area (Å²) in [7, 11) is 5.27. The number of aromatic nitrogens is 6. The average Bonchev–Trinajstić information content (AvgIpc) is 3.35. The van der Waals surface area contributed by atoms with Gasteiger partial charge in [-0.1, -0.05) is 6.07 Å². The summed E-state index contributed by atoms with van der Waals surface area (Å²) in [5.74, 6) is 0.381. The first-order valence-corrected chi connectivity index (χ1v) is 10.5. The van der Waals surface area contributed by atoms with Crippen LogP contribution >= 0.6 is 0 Å². The van der Waals surface area contributed by atoms with E-state index in [-0.39, 0.29) is 5.69 Å². The van der Waals surface area contributed by atoms with Crippen LogP contribution in [0.2, 0.25) is 0 Å². The Kier molecular flexibility index (Phi) is 4.10. The maximum Gasteiger partial charge on any atom is 0.333 e. The predicted molar refractivity (Wildman–Crippen MR) is 128 cm³/mol. The van der Waals surface area contributed by atoms with E-state index in [4.69, 9.17) is 4.74 Å². The van der Waals surface area contributed by atoms with Crippen LogP contribution in [0.1, 0.15) is 0 Å². The quantitative estimate of drug-likeness (QED) is 0.421. The topological polar surface area (TPSA) is 79.8 Å². The molecule has 0 bridgehead atoms. The lowest BCUT2D eigenvalue weighted by molar-refractivity contribution is 0.396. The normalized spacial score (nSPS) is 11.6. The highest BCUT2D eigenvalue weighted by Crippen LogP contribution is 2.32. The fourth-order valence-corrected chi connectivity index (χ4v) is 4.42. The molecule has 0 saturated carbocycles. The predicted octanol–water partition coefficient (Wildman–Crippen LogP) is 3.83. The number of ether oxygens (including phenoxy) is 1. The van der Waals surface area contributed by atoms with Crippen LogP contribution < -0.4 is 10.4 Å². The van der Waals surface area contributed by atoms with Gasteiger partial charge < -0.3 is 9.30 Å². The van der Waals surface area contributed by atoms with E-state index in [1.165, 1.54) is 0 Å². The van der Waals surface area contributed by atoms with E-state index < -0.39 is 0 Å². The number of benzene rings is 1. The molecular weight excluding hydrogens is 416 g/mol. The second-order valence-electron chi connectivity index (χ2n) is 8.00. The third-order valence-corrected chi connectivity index (χ3v) is 6.11. The van der Waals surface area contributed by atoms with Gasteiger partial charge in [0.1, 0.15) is 11.3 Å². The third-order valence-electron chi connectivity index (χ3n) is 6.11. The fraction of sp³-hybridized carbons (Fsp3) is 0.120. The Hall–Kier alpha value is -4.46. The summed E-state index contributed by atoms with van der Waals surface area (Å²) in [6.45, 7) is 0. The van der Waals surface area contributed by atoms with E-state index in [2.05, 4.69) is 33.2 Å². The number of hydrogen-bond acceptors (Lipinski definition) is 5. The van der Waals surface area contributed by atoms with Gasteiger partial charge in [0.25, 0.3) is 0 Å². The molecule has 33 heavy (non-hydrogen) atoms. The minimum absolute atomic E-state index is 0.191. The van der Waals surface area contributed by atoms with Gasteiger partial charge in [-0.2, -0.15) is 0 Å². The van der Waals surface area contributed by atoms with Crippen molar-refractivity contribution in [3.8, 4) is 22.7 Å². The van der Waals surface area contributed by atoms with Crippen molar-refractivity contribution in [1.29, 1.82) is 0 Å². The van der Waals surface area contributed by atoms with Crippen LogP contribution in [0.25, 0.3) is 49.8 Å². The molecule has 5 heterocycles. The Morgan fingerprint density at radius 1 is 0.939 bits per heavy atom. The second-order valence-corrected chi connectivity index (χ2v) is 8.00. The van der Waals surface area contributed by atoms with E-state index >= 15 is 0 Å². The van der Waals surface area contributed by atoms with Crippen LogP contribution in [0.4, 0.5) is 0 Å². The third kappa shape index (κ3) is 2.77. The Bertz CT molecular complexity index is 1760. The van der Waals surface area contributed by atoms with Gasteiger partial charge in [-0.3, -0.25) is 14.1 Å². The Morgan fingerprint density at radius 3 is 2.67 bits per heavy atom. The zero-order valence-electron chi connectivity index (χ0n) is 18.4. The number of pyridine rings is 3. The van der Waals surface area contributed by atoms with Crippen LogP contribution in [0, 0.1) is 0 Å². The Balaban J connectivity index is 1.67. The SMILES string of the molecule is COc1ncccc1-n1c(=O)n(C)c2cnc3ccc(-c4cnc5c(ccn5C)c4)cc3c21. The summed E-state index contributed by atoms with van der Waals surface area (Å²) in [6.07, 6.45) is 7.25. The molecule has 0 aliphatic rings. The molecule has 162 valence electrons. The molecule has 8 nitrogen and oxygen atoms in total. The highest BCUT2D eigenvalue weighted by Gasteiger charge is 2.19. The molecule has 0 radical (unpaired) electrons. The number of aryl methyl sites for hydroxylation is 2. The Labute approximate surface area is 188 Å². The molecule has 0 N–H and O–H groups in total. The van der Waals surface area contributed by atoms with E-state index in [0.29, 0.717) is 11.6 Å². The van der Waals surface area contributed by atoms with E-state index in [1.807, 2.05) is 42.2 Å². The van der Waals surface area contributed by atoms with Crippen molar-refractivity contribution in [2.45, 2.75) is 0 Å². The molecule has 0 saturated heterocycles. The number of imidazole rings is 1. The minimum atomic E-state index is -0.191. The summed E-state index contributed by atoms with van der Waals surface area (Å²) < 4.78 is 10.7. The van der Waals surface area contributed by atoms with Crippen molar-refractivity contribution in [3.05, 3.63) is 77.7 Å². The lowest BCUT2D eigenvalue weighted by Crippen LogP contribution is -2.21. The van der Waals surface area contributed by atoms with Crippen molar-refractivity contribution in [3.63, 3.8) is 0 Å². The lowest BCUT2D eigenvalue weighted by atomic mass is 10.0. The first kappa shape index (κ1) is 19.2. The molecule has 0 amide bonds. The van der Waals surface area contributed by atoms with Gasteiger partial charge in [-0.15, -0.1) is 0 Å². The second kappa shape index (κ2) is 7.03. The maximum atomic E-state index is 13.3. The van der Waals surface area contributed by atoms with Crippen LogP contribution in [0.5, 0.6) is 5.88 Å². The molecule has 0 atom stereocenters. The molecule has 6 aromatic rings. The fourth-order valence-electron chi connectivity index (χ4n) is 4.42. The van der Waals surface area contributed by atoms with Gasteiger partial charge in [-0.25, -0.2) is 14.8 Å². The average molecular weight is 436 g/mol. The summed E-state index contributed by atoms with van der Waals surface area (Å²) in [5, 5.41) is 1.94. The molecule has 8 heteroatoms. The number of rotatable bonds is 3. The Morgan fingerprint density at radius 2 is 1.82 bits per heavy atom. The number of fused-ring (bicyclic) bond motifs is 4. The van der Waals surface area contributed by atoms with Gasteiger partial charge in [0.05, 0.1) is 29.9 Å². The van der Waals surface area contributed by atoms with Crippen LogP contribution in [-0.4, -0.2) is 35.8 Å². The summed E-state index contributed by atoms with van der Waals surface area (Å²) in [4.78, 5) is 26.8. The molecule has 0 aliphatic heterocycles. The molecule has 0 aliphatic carbocycles. The minimum Gasteiger partial charge on any atom is -0.479 e. The number of methoxy groups -OCH3 is 1. The van der Waals surface area contributed by atoms with Crippen molar-refractivity contribution in [2.24, 2.45) is 14.1 Å². The smallest absolute Gasteiger partial charge is 0.333 e. The standard InChI is InChI=1S/C25H20N6O2/c1-29-10-8-16-11-17(13-28-23(16)29)15-6-7-19-18(12-15)22-21(14-27-19)30(2)25(32)31(22)20-5-4-9-26-24(20)33-3/h4-14H,1-3H3. The monoisotopic (exact) mass is 436 g/mol. The van der Waals surface area contributed by atoms with Crippen molar-refractivity contribution in [2.75, 3.05) is 7.11 Å². The van der Waals surface area contributed by atoms with Gasteiger partial charge in [0, 0.05) is 49.0 Å². The molecule has 0 fully saturated rings. The molecule has 6 rings (SSSR count). The van der Waals surface area contributed by atoms with Gasteiger partial charge in [-0.05, 0) is 42.0 Å². The molecule has 1 aromatic carbocycles. The van der Waals surface area contributed by atoms with E-state index in [9.17, 15) is 4.79 Å². The summed E-state index contributed by atoms with van der Waals surface area (Å²) in [6, 6.07) is 13.9. The van der Waals surface area contributed by atoms with Crippen LogP contribution in [0.3, 0.4) is 0 Å². The van der Waals surface area contributed by atoms with E-state index in [0.717, 1.165) is 44.1 Å². The maximum absolute atomic E-state index is 13.3. The summed E-state index contributed by atoms with van der Waals surface area (Å²) >= 11 is 0. The van der Waals surface area contributed by atoms with Gasteiger partial charge in [0.2, 0.25) is 5.88 Å². The highest BCUT2D eigenvalue weighted by molar-refractivity contribution is 6.05. The zero-order chi connectivity index (χ0) is 22.7. The van der Waals surface area contributed by atoms with E-state index in [1.54, 1.807) is 41.8 Å². The zero-order valence-corrected chi connectivity index (χ0v) is 18.4. The van der Waals surface area contributed by atoms with Crippen LogP contribution in [-0.2, 0) is 14.1 Å². The van der Waals surface area contributed by atoms with Crippen LogP contribution in [0.15, 0.2) is 72.0 Å². The summed E-state index contributed by atoms with van der Waals surface area (Å²) in [5.41, 5.74) is 5.60. The lowest BCUT2D eigenvalue weighted by Gasteiger charge is -2.10. The molecule has 0 unspecified atom stereocenters. The number of nitrogens with zero attached hydrogens (tertiary/aromatic N) is 6. The van der Waals surface area contributed by atoms with Gasteiger partial charge in [0.15, 0.2) is 0 Å². The first-order valence-electron chi connectivity index (χ1n) is 10.5. The molecule has 5 aromatic heterocycles. The molecular formula is C25H20N6O2. The van der Waals surface area contributed by atoms with Crippen molar-refractivity contribution in [1.82, 2.24) is 28.7 Å². The van der Waals surface area contributed by atoms with Crippen molar-refractivity contribution >= 4 is 33.0 Å².